The summed E-state index contributed by atoms with van der Waals surface area (Å²) in [7, 11) is 0. The van der Waals surface area contributed by atoms with Gasteiger partial charge in [0.2, 0.25) is 5.88 Å². The highest BCUT2D eigenvalue weighted by Crippen LogP contribution is 2.43. The fraction of sp³-hybridized carbons (Fsp3) is 0.0435. The van der Waals surface area contributed by atoms with Crippen molar-refractivity contribution in [2.24, 2.45) is 5.73 Å². The molecular weight excluding hydrogens is 478 g/mol. The van der Waals surface area contributed by atoms with Gasteiger partial charge in [-0.15, -0.1) is 0 Å². The van der Waals surface area contributed by atoms with Crippen LogP contribution in [0.15, 0.2) is 82.7 Å². The van der Waals surface area contributed by atoms with Gasteiger partial charge in [-0.05, 0) is 35.9 Å². The molecule has 0 aliphatic carbocycles. The molecule has 1 heterocycles. The first kappa shape index (κ1) is 21.1. The number of nitro benzene ring substituents is 1. The number of nitro groups is 1. The van der Waals surface area contributed by atoms with E-state index in [9.17, 15) is 20.2 Å². The van der Waals surface area contributed by atoms with Crippen molar-refractivity contribution >= 4 is 27.6 Å². The monoisotopic (exact) mass is 491 g/mol. The quantitative estimate of drug-likeness (QED) is 0.240. The lowest BCUT2D eigenvalue weighted by atomic mass is 9.83. The lowest BCUT2D eigenvalue weighted by Crippen LogP contribution is -2.21. The largest absolute Gasteiger partial charge is 0.440 e. The predicted molar refractivity (Wildman–Crippen MR) is 118 cm³/mol. The second-order valence-electron chi connectivity index (χ2n) is 6.87. The number of fused-ring (bicyclic) bond motifs is 1. The first-order valence-corrected chi connectivity index (χ1v) is 10.1. The zero-order valence-electron chi connectivity index (χ0n) is 16.3. The van der Waals surface area contributed by atoms with Gasteiger partial charge in [-0.3, -0.25) is 10.1 Å². The number of non-ortho nitro benzene ring substituents is 1. The molecule has 9 heteroatoms. The number of esters is 1. The third-order valence-corrected chi connectivity index (χ3v) is 5.39. The lowest BCUT2D eigenvalue weighted by Gasteiger charge is -2.26. The molecule has 1 atom stereocenters. The molecule has 8 nitrogen and oxygen atoms in total. The first-order valence-electron chi connectivity index (χ1n) is 9.31. The van der Waals surface area contributed by atoms with Gasteiger partial charge in [0.25, 0.3) is 5.69 Å². The number of rotatable bonds is 4. The van der Waals surface area contributed by atoms with E-state index in [0.717, 1.165) is 10.0 Å². The Kier molecular flexibility index (Phi) is 5.62. The normalized spacial score (nSPS) is 14.7. The number of carbonyl (C=O) groups is 1. The third-order valence-electron chi connectivity index (χ3n) is 4.90. The van der Waals surface area contributed by atoms with E-state index in [1.807, 2.05) is 24.3 Å². The van der Waals surface area contributed by atoms with Crippen molar-refractivity contribution in [3.63, 3.8) is 0 Å². The van der Waals surface area contributed by atoms with Crippen molar-refractivity contribution in [1.82, 2.24) is 0 Å². The molecule has 1 aliphatic heterocycles. The highest BCUT2D eigenvalue weighted by molar-refractivity contribution is 9.10. The predicted octanol–water partition coefficient (Wildman–Crippen LogP) is 4.79. The Balaban J connectivity index is 1.65. The van der Waals surface area contributed by atoms with Gasteiger partial charge in [-0.1, -0.05) is 34.1 Å². The molecule has 1 unspecified atom stereocenters. The van der Waals surface area contributed by atoms with Crippen molar-refractivity contribution < 1.29 is 19.2 Å². The van der Waals surface area contributed by atoms with Crippen LogP contribution in [0, 0.1) is 21.4 Å². The fourth-order valence-corrected chi connectivity index (χ4v) is 3.83. The molecule has 0 radical (unpaired) electrons. The van der Waals surface area contributed by atoms with Crippen LogP contribution < -0.4 is 15.2 Å². The molecule has 158 valence electrons. The molecule has 0 saturated carbocycles. The number of carbonyl (C=O) groups excluding carboxylic acids is 1. The minimum absolute atomic E-state index is 0.0242. The topological polar surface area (TPSA) is 128 Å². The van der Waals surface area contributed by atoms with Crippen LogP contribution in [0.2, 0.25) is 0 Å². The molecule has 0 amide bonds. The Morgan fingerprint density at radius 2 is 1.91 bits per heavy atom. The zero-order chi connectivity index (χ0) is 22.8. The molecule has 2 N–H and O–H groups in total. The van der Waals surface area contributed by atoms with E-state index in [-0.39, 0.29) is 28.5 Å². The van der Waals surface area contributed by atoms with Crippen LogP contribution >= 0.6 is 15.9 Å². The summed E-state index contributed by atoms with van der Waals surface area (Å²) in [4.78, 5) is 22.7. The number of allylic oxidation sites excluding steroid dienone is 1. The Morgan fingerprint density at radius 3 is 2.56 bits per heavy atom. The third kappa shape index (κ3) is 4.04. The van der Waals surface area contributed by atoms with Crippen molar-refractivity contribution in [3.8, 4) is 17.6 Å². The van der Waals surface area contributed by atoms with Crippen LogP contribution in [-0.2, 0) is 0 Å². The van der Waals surface area contributed by atoms with Crippen molar-refractivity contribution in [2.45, 2.75) is 5.92 Å². The van der Waals surface area contributed by atoms with E-state index in [4.69, 9.17) is 15.2 Å². The summed E-state index contributed by atoms with van der Waals surface area (Å²) in [5.41, 5.74) is 7.87. The number of nitrogens with two attached hydrogens (primary N) is 1. The standard InChI is InChI=1S/C23H14BrN3O5/c24-15-3-1-2-14(10-15)21-18-9-8-17(11-20(18)32-22(26)19(21)12-25)31-23(28)13-4-6-16(7-5-13)27(29)30/h1-11,21H,26H2. The van der Waals surface area contributed by atoms with E-state index in [1.165, 1.54) is 30.3 Å². The smallest absolute Gasteiger partial charge is 0.343 e. The molecule has 32 heavy (non-hydrogen) atoms. The second-order valence-corrected chi connectivity index (χ2v) is 7.79. The minimum Gasteiger partial charge on any atom is -0.440 e. The number of hydrogen-bond acceptors (Lipinski definition) is 7. The van der Waals surface area contributed by atoms with Crippen molar-refractivity contribution in [2.75, 3.05) is 0 Å². The highest BCUT2D eigenvalue weighted by Gasteiger charge is 2.31. The van der Waals surface area contributed by atoms with Gasteiger partial charge in [0.1, 0.15) is 23.1 Å². The van der Waals surface area contributed by atoms with Gasteiger partial charge in [-0.2, -0.15) is 5.26 Å². The molecule has 0 saturated heterocycles. The van der Waals surface area contributed by atoms with Gasteiger partial charge < -0.3 is 15.2 Å². The number of benzene rings is 3. The summed E-state index contributed by atoms with van der Waals surface area (Å²) in [6.07, 6.45) is 0. The molecule has 1 aliphatic rings. The Morgan fingerprint density at radius 1 is 1.16 bits per heavy atom. The van der Waals surface area contributed by atoms with Gasteiger partial charge >= 0.3 is 5.97 Å². The number of nitrogens with zero attached hydrogens (tertiary/aromatic N) is 2. The molecular formula is C23H14BrN3O5. The summed E-state index contributed by atoms with van der Waals surface area (Å²) in [6.45, 7) is 0. The molecule has 0 fully saturated rings. The Hall–Kier alpha value is -4.16. The summed E-state index contributed by atoms with van der Waals surface area (Å²) < 4.78 is 11.9. The van der Waals surface area contributed by atoms with Crippen LogP contribution in [0.5, 0.6) is 11.5 Å². The Bertz CT molecular complexity index is 1310. The summed E-state index contributed by atoms with van der Waals surface area (Å²) >= 11 is 3.44. The molecule has 0 aromatic heterocycles. The van der Waals surface area contributed by atoms with Gasteiger partial charge in [-0.25, -0.2) is 4.79 Å². The van der Waals surface area contributed by atoms with Gasteiger partial charge in [0, 0.05) is 28.2 Å². The van der Waals surface area contributed by atoms with Crippen LogP contribution in [0.4, 0.5) is 5.69 Å². The van der Waals surface area contributed by atoms with Crippen LogP contribution in [0.25, 0.3) is 0 Å². The number of nitriles is 1. The Labute approximate surface area is 190 Å². The molecule has 4 rings (SSSR count). The van der Waals surface area contributed by atoms with Crippen LogP contribution in [0.3, 0.4) is 0 Å². The summed E-state index contributed by atoms with van der Waals surface area (Å²) in [6, 6.07) is 19.6. The van der Waals surface area contributed by atoms with Gasteiger partial charge in [0.05, 0.1) is 16.4 Å². The van der Waals surface area contributed by atoms with Gasteiger partial charge in [0.15, 0.2) is 0 Å². The molecule has 0 bridgehead atoms. The number of halogens is 1. The maximum Gasteiger partial charge on any atom is 0.343 e. The lowest BCUT2D eigenvalue weighted by molar-refractivity contribution is -0.384. The minimum atomic E-state index is -0.680. The van der Waals surface area contributed by atoms with E-state index in [0.29, 0.717) is 11.3 Å². The number of hydrogen-bond donors (Lipinski definition) is 1. The average Bonchev–Trinajstić information content (AvgIpc) is 2.78. The SMILES string of the molecule is N#CC1=C(N)Oc2cc(OC(=O)c3ccc([N+](=O)[O-])cc3)ccc2C1c1cccc(Br)c1. The highest BCUT2D eigenvalue weighted by atomic mass is 79.9. The van der Waals surface area contributed by atoms with Crippen molar-refractivity contribution in [3.05, 3.63) is 109 Å². The van der Waals surface area contributed by atoms with E-state index < -0.39 is 16.8 Å². The van der Waals surface area contributed by atoms with E-state index in [2.05, 4.69) is 22.0 Å². The fourth-order valence-electron chi connectivity index (χ4n) is 3.41. The van der Waals surface area contributed by atoms with E-state index >= 15 is 0 Å². The molecule has 0 spiro atoms. The zero-order valence-corrected chi connectivity index (χ0v) is 17.9. The molecule has 3 aromatic carbocycles. The maximum absolute atomic E-state index is 12.4. The second kappa shape index (κ2) is 8.53. The summed E-state index contributed by atoms with van der Waals surface area (Å²) in [5.74, 6) is -0.585. The first-order chi connectivity index (χ1) is 15.4. The van der Waals surface area contributed by atoms with Crippen LogP contribution in [-0.4, -0.2) is 10.9 Å². The number of ether oxygens (including phenoxy) is 2. The van der Waals surface area contributed by atoms with E-state index in [1.54, 1.807) is 12.1 Å². The van der Waals surface area contributed by atoms with Crippen LogP contribution in [0.1, 0.15) is 27.4 Å². The average molecular weight is 492 g/mol. The maximum atomic E-state index is 12.4. The van der Waals surface area contributed by atoms with Crippen molar-refractivity contribution in [1.29, 1.82) is 5.26 Å². The molecule has 3 aromatic rings. The summed E-state index contributed by atoms with van der Waals surface area (Å²) in [5, 5.41) is 20.4.